The molecule has 49 heavy (non-hydrogen) atoms. The molecule has 1 heterocycles. The van der Waals surface area contributed by atoms with Crippen LogP contribution in [0.25, 0.3) is 11.3 Å². The molecule has 18 heteroatoms. The highest BCUT2D eigenvalue weighted by Gasteiger charge is 2.38. The van der Waals surface area contributed by atoms with Gasteiger partial charge in [0.25, 0.3) is 11.6 Å². The number of nitro benzene ring substituents is 1. The number of amides is 2. The molecule has 2 amide bonds. The zero-order valence-corrected chi connectivity index (χ0v) is 26.1. The van der Waals surface area contributed by atoms with E-state index in [4.69, 9.17) is 25.6 Å². The highest BCUT2D eigenvalue weighted by Crippen LogP contribution is 2.26. The van der Waals surface area contributed by atoms with Crippen LogP contribution in [0, 0.1) is 21.7 Å². The fraction of sp³-hybridized carbons (Fsp3) is 0.226. The fourth-order valence-corrected chi connectivity index (χ4v) is 4.57. The lowest BCUT2D eigenvalue weighted by Gasteiger charge is -2.33. The molecule has 0 radical (unpaired) electrons. The van der Waals surface area contributed by atoms with E-state index in [1.54, 1.807) is 0 Å². The van der Waals surface area contributed by atoms with Crippen LogP contribution < -0.4 is 10.7 Å². The fourth-order valence-electron chi connectivity index (χ4n) is 4.38. The number of esters is 1. The van der Waals surface area contributed by atoms with Crippen molar-refractivity contribution in [2.24, 2.45) is 0 Å². The van der Waals surface area contributed by atoms with Crippen molar-refractivity contribution in [2.45, 2.75) is 31.9 Å². The van der Waals surface area contributed by atoms with Crippen molar-refractivity contribution in [3.63, 3.8) is 0 Å². The van der Waals surface area contributed by atoms with Crippen LogP contribution in [-0.2, 0) is 20.8 Å². The number of halogens is 5. The van der Waals surface area contributed by atoms with Crippen LogP contribution in [0.4, 0.5) is 33.9 Å². The predicted octanol–water partition coefficient (Wildman–Crippen LogP) is 6.53. The molecule has 0 aliphatic heterocycles. The second-order valence-corrected chi connectivity index (χ2v) is 10.7. The predicted molar refractivity (Wildman–Crippen MR) is 164 cm³/mol. The number of hydrogen-bond donors (Lipinski definition) is 2. The molecule has 4 rings (SSSR count). The molecular formula is C31H26ClF4N5O8. The number of aromatic nitrogens is 1. The summed E-state index contributed by atoms with van der Waals surface area (Å²) in [5, 5.41) is 17.2. The zero-order chi connectivity index (χ0) is 35.7. The molecule has 13 nitrogen and oxygen atoms in total. The lowest BCUT2D eigenvalue weighted by molar-refractivity contribution is -0.384. The number of hydrazine groups is 1. The second kappa shape index (κ2) is 16.0. The summed E-state index contributed by atoms with van der Waals surface area (Å²) in [7, 11) is 0. The molecular weight excluding hydrogens is 682 g/mol. The highest BCUT2D eigenvalue weighted by molar-refractivity contribution is 6.31. The average Bonchev–Trinajstić information content (AvgIpc) is 3.52. The number of non-ortho nitro benzene ring substituents is 1. The van der Waals surface area contributed by atoms with Gasteiger partial charge in [0, 0.05) is 43.7 Å². The van der Waals surface area contributed by atoms with Crippen molar-refractivity contribution >= 4 is 41.1 Å². The van der Waals surface area contributed by atoms with Crippen LogP contribution in [0.3, 0.4) is 0 Å². The summed E-state index contributed by atoms with van der Waals surface area (Å²) in [5.41, 5.74) is 2.52. The van der Waals surface area contributed by atoms with Gasteiger partial charge in [-0.3, -0.25) is 25.2 Å². The minimum atomic E-state index is -3.82. The largest absolute Gasteiger partial charge is 0.456 e. The van der Waals surface area contributed by atoms with E-state index in [0.717, 1.165) is 48.3 Å². The molecule has 0 aliphatic rings. The quantitative estimate of drug-likeness (QED) is 0.0636. The SMILES string of the molecule is CC(=O)N(NCc1cccc(F)c1Cl)C(COC(=O)Nc1cc(-c2cccc(F)c2)on1)CC(F)(F)COC(=O)c1ccc([N+](=O)[O-])cc1. The van der Waals surface area contributed by atoms with Gasteiger partial charge < -0.3 is 14.0 Å². The number of carbonyl (C=O) groups is 3. The molecule has 4 aromatic rings. The van der Waals surface area contributed by atoms with Crippen LogP contribution in [0.1, 0.15) is 29.3 Å². The Hall–Kier alpha value is -5.55. The van der Waals surface area contributed by atoms with Gasteiger partial charge >= 0.3 is 12.1 Å². The highest BCUT2D eigenvalue weighted by atomic mass is 35.5. The topological polar surface area (TPSA) is 166 Å². The van der Waals surface area contributed by atoms with Gasteiger partial charge in [0.05, 0.1) is 21.6 Å². The second-order valence-electron chi connectivity index (χ2n) is 10.3. The maximum absolute atomic E-state index is 15.3. The van der Waals surface area contributed by atoms with E-state index in [1.807, 2.05) is 0 Å². The van der Waals surface area contributed by atoms with Crippen molar-refractivity contribution in [3.8, 4) is 11.3 Å². The number of nitrogens with zero attached hydrogens (tertiary/aromatic N) is 3. The van der Waals surface area contributed by atoms with Gasteiger partial charge in [0.2, 0.25) is 5.91 Å². The molecule has 2 N–H and O–H groups in total. The maximum Gasteiger partial charge on any atom is 0.412 e. The maximum atomic E-state index is 15.3. The van der Waals surface area contributed by atoms with Crippen LogP contribution in [0.5, 0.6) is 0 Å². The van der Waals surface area contributed by atoms with Crippen LogP contribution in [0.15, 0.2) is 77.3 Å². The summed E-state index contributed by atoms with van der Waals surface area (Å²) in [6.07, 6.45) is -2.40. The molecule has 3 aromatic carbocycles. The van der Waals surface area contributed by atoms with Crippen molar-refractivity contribution in [1.29, 1.82) is 0 Å². The van der Waals surface area contributed by atoms with Gasteiger partial charge in [-0.15, -0.1) is 0 Å². The summed E-state index contributed by atoms with van der Waals surface area (Å²) in [6.45, 7) is -1.59. The summed E-state index contributed by atoms with van der Waals surface area (Å²) < 4.78 is 73.1. The van der Waals surface area contributed by atoms with Crippen LogP contribution >= 0.6 is 11.6 Å². The standard InChI is InChI=1S/C31H26ClF4N5O8/c1-18(42)40(37-15-21-5-3-7-25(34)28(21)32)24(14-31(35,36)17-48-29(43)19-8-10-23(11-9-19)41(45)46)16-47-30(44)38-27-13-26(49-39-27)20-4-2-6-22(33)12-20/h2-13,24,37H,14-17H2,1H3,(H,38,39,44). The summed E-state index contributed by atoms with van der Waals surface area (Å²) in [4.78, 5) is 47.7. The lowest BCUT2D eigenvalue weighted by Crippen LogP contribution is -2.53. The Morgan fingerprint density at radius 1 is 1.06 bits per heavy atom. The van der Waals surface area contributed by atoms with E-state index in [-0.39, 0.29) is 40.0 Å². The van der Waals surface area contributed by atoms with Crippen molar-refractivity contribution in [1.82, 2.24) is 15.6 Å². The first kappa shape index (κ1) is 36.3. The Labute approximate surface area is 279 Å². The number of nitro groups is 1. The summed E-state index contributed by atoms with van der Waals surface area (Å²) in [5.74, 6) is -7.20. The Morgan fingerprint density at radius 2 is 1.78 bits per heavy atom. The monoisotopic (exact) mass is 707 g/mol. The smallest absolute Gasteiger partial charge is 0.412 e. The third kappa shape index (κ3) is 10.2. The molecule has 0 bridgehead atoms. The minimum absolute atomic E-state index is 0.0959. The van der Waals surface area contributed by atoms with Crippen molar-refractivity contribution in [3.05, 3.63) is 111 Å². The van der Waals surface area contributed by atoms with Crippen LogP contribution in [0.2, 0.25) is 5.02 Å². The van der Waals surface area contributed by atoms with Crippen molar-refractivity contribution < 1.29 is 50.9 Å². The number of benzene rings is 3. The van der Waals surface area contributed by atoms with Gasteiger partial charge in [0.1, 0.15) is 18.2 Å². The van der Waals surface area contributed by atoms with E-state index < -0.39 is 66.1 Å². The van der Waals surface area contributed by atoms with Gasteiger partial charge in [-0.2, -0.15) is 0 Å². The molecule has 0 spiro atoms. The third-order valence-electron chi connectivity index (χ3n) is 6.69. The van der Waals surface area contributed by atoms with E-state index in [1.165, 1.54) is 36.4 Å². The molecule has 0 fully saturated rings. The normalized spacial score (nSPS) is 11.8. The van der Waals surface area contributed by atoms with Gasteiger partial charge in [-0.25, -0.2) is 32.6 Å². The molecule has 0 aliphatic carbocycles. The summed E-state index contributed by atoms with van der Waals surface area (Å²) in [6, 6.07) is 12.9. The number of carbonyl (C=O) groups excluding carboxylic acids is 3. The van der Waals surface area contributed by atoms with E-state index >= 15 is 8.78 Å². The number of alkyl halides is 2. The number of rotatable bonds is 14. The van der Waals surface area contributed by atoms with Gasteiger partial charge in [-0.1, -0.05) is 41.0 Å². The first-order chi connectivity index (χ1) is 23.2. The summed E-state index contributed by atoms with van der Waals surface area (Å²) >= 11 is 5.99. The molecule has 0 saturated carbocycles. The van der Waals surface area contributed by atoms with Gasteiger partial charge in [-0.05, 0) is 35.9 Å². The average molecular weight is 708 g/mol. The number of nitrogens with one attached hydrogen (secondary N) is 2. The Kier molecular flexibility index (Phi) is 11.9. The molecule has 258 valence electrons. The van der Waals surface area contributed by atoms with Crippen molar-refractivity contribution in [2.75, 3.05) is 18.5 Å². The molecule has 1 atom stereocenters. The zero-order valence-electron chi connectivity index (χ0n) is 25.3. The first-order valence-electron chi connectivity index (χ1n) is 14.1. The minimum Gasteiger partial charge on any atom is -0.456 e. The Morgan fingerprint density at radius 3 is 2.45 bits per heavy atom. The van der Waals surface area contributed by atoms with E-state index in [9.17, 15) is 33.3 Å². The first-order valence-corrected chi connectivity index (χ1v) is 14.5. The van der Waals surface area contributed by atoms with Crippen LogP contribution in [-0.4, -0.2) is 58.2 Å². The molecule has 1 aromatic heterocycles. The Balaban J connectivity index is 1.46. The van der Waals surface area contributed by atoms with Gasteiger partial charge in [0.15, 0.2) is 18.2 Å². The lowest BCUT2D eigenvalue weighted by atomic mass is 10.1. The number of hydrogen-bond acceptors (Lipinski definition) is 10. The number of ether oxygens (including phenoxy) is 2. The van der Waals surface area contributed by atoms with E-state index in [2.05, 4.69) is 15.9 Å². The Bertz CT molecular complexity index is 1830. The third-order valence-corrected chi connectivity index (χ3v) is 7.12. The molecule has 0 saturated heterocycles. The van der Waals surface area contributed by atoms with E-state index in [0.29, 0.717) is 5.56 Å². The molecule has 1 unspecified atom stereocenters. The number of anilines is 1.